The molecule has 7 nitrogen and oxygen atoms in total. The lowest BCUT2D eigenvalue weighted by Crippen LogP contribution is -2.41. The second-order valence-corrected chi connectivity index (χ2v) is 10.9. The number of alkyl carbamates (subject to hydrolysis) is 1. The summed E-state index contributed by atoms with van der Waals surface area (Å²) in [5.74, 6) is -1.82. The number of aliphatic carboxylic acids is 1. The van der Waals surface area contributed by atoms with Gasteiger partial charge in [-0.2, -0.15) is 0 Å². The number of fused-ring (bicyclic) bond motifs is 3. The summed E-state index contributed by atoms with van der Waals surface area (Å²) in [4.78, 5) is 36.4. The highest BCUT2D eigenvalue weighted by Crippen LogP contribution is 2.44. The average Bonchev–Trinajstić information content (AvgIpc) is 3.54. The van der Waals surface area contributed by atoms with Gasteiger partial charge in [-0.1, -0.05) is 69.3 Å². The van der Waals surface area contributed by atoms with E-state index >= 15 is 0 Å². The van der Waals surface area contributed by atoms with Gasteiger partial charge < -0.3 is 20.5 Å². The number of rotatable bonds is 9. The number of benzene rings is 2. The van der Waals surface area contributed by atoms with E-state index in [1.165, 1.54) is 11.1 Å². The number of carbonyl (C=O) groups excluding carboxylic acids is 2. The number of hydrogen-bond donors (Lipinski definition) is 3. The first kappa shape index (κ1) is 24.8. The summed E-state index contributed by atoms with van der Waals surface area (Å²) in [5, 5.41) is 14.7. The molecular formula is C28H34N2O5. The van der Waals surface area contributed by atoms with Crippen molar-refractivity contribution in [1.82, 2.24) is 10.6 Å². The predicted molar refractivity (Wildman–Crippen MR) is 133 cm³/mol. The largest absolute Gasteiger partial charge is 0.481 e. The van der Waals surface area contributed by atoms with Crippen LogP contribution in [0, 0.1) is 23.2 Å². The van der Waals surface area contributed by atoms with Crippen LogP contribution in [0.15, 0.2) is 48.5 Å². The first-order valence-electron chi connectivity index (χ1n) is 12.2. The molecule has 7 heteroatoms. The zero-order valence-corrected chi connectivity index (χ0v) is 20.5. The smallest absolute Gasteiger partial charge is 0.407 e. The molecule has 3 unspecified atom stereocenters. The van der Waals surface area contributed by atoms with E-state index in [-0.39, 0.29) is 42.2 Å². The Morgan fingerprint density at radius 3 is 2.14 bits per heavy atom. The number of hydrogen-bond acceptors (Lipinski definition) is 4. The zero-order valence-electron chi connectivity index (χ0n) is 20.5. The fraction of sp³-hybridized carbons (Fsp3) is 0.464. The highest BCUT2D eigenvalue weighted by Gasteiger charge is 2.43. The van der Waals surface area contributed by atoms with Crippen LogP contribution < -0.4 is 10.6 Å². The maximum absolute atomic E-state index is 12.8. The molecule has 2 amide bonds. The van der Waals surface area contributed by atoms with Crippen LogP contribution >= 0.6 is 0 Å². The Balaban J connectivity index is 1.31. The number of carbonyl (C=O) groups is 3. The first-order chi connectivity index (χ1) is 16.6. The summed E-state index contributed by atoms with van der Waals surface area (Å²) in [7, 11) is 0. The molecule has 186 valence electrons. The number of ether oxygens (including phenoxy) is 1. The lowest BCUT2D eigenvalue weighted by molar-refractivity contribution is -0.139. The summed E-state index contributed by atoms with van der Waals surface area (Å²) >= 11 is 0. The fourth-order valence-corrected chi connectivity index (χ4v) is 5.00. The van der Waals surface area contributed by atoms with E-state index in [9.17, 15) is 14.4 Å². The van der Waals surface area contributed by atoms with Crippen molar-refractivity contribution in [3.8, 4) is 11.1 Å². The highest BCUT2D eigenvalue weighted by molar-refractivity contribution is 5.81. The van der Waals surface area contributed by atoms with E-state index in [2.05, 4.69) is 34.9 Å². The van der Waals surface area contributed by atoms with E-state index in [0.717, 1.165) is 11.1 Å². The van der Waals surface area contributed by atoms with Crippen LogP contribution in [0.4, 0.5) is 4.79 Å². The summed E-state index contributed by atoms with van der Waals surface area (Å²) in [6, 6.07) is 16.3. The molecule has 2 aliphatic rings. The molecule has 1 fully saturated rings. The average molecular weight is 479 g/mol. The Kier molecular flexibility index (Phi) is 7.15. The number of amides is 2. The lowest BCUT2D eigenvalue weighted by atomic mass is 9.84. The van der Waals surface area contributed by atoms with Crippen molar-refractivity contribution in [1.29, 1.82) is 0 Å². The topological polar surface area (TPSA) is 105 Å². The van der Waals surface area contributed by atoms with E-state index < -0.39 is 18.0 Å². The van der Waals surface area contributed by atoms with E-state index in [1.807, 2.05) is 45.0 Å². The third kappa shape index (κ3) is 6.02. The predicted octanol–water partition coefficient (Wildman–Crippen LogP) is 4.41. The normalized spacial score (nSPS) is 19.3. The Hall–Kier alpha value is -3.35. The van der Waals surface area contributed by atoms with E-state index in [4.69, 9.17) is 9.84 Å². The summed E-state index contributed by atoms with van der Waals surface area (Å²) < 4.78 is 5.60. The summed E-state index contributed by atoms with van der Waals surface area (Å²) in [6.07, 6.45) is 0.624. The molecule has 4 rings (SSSR count). The second-order valence-electron chi connectivity index (χ2n) is 10.9. The van der Waals surface area contributed by atoms with Crippen LogP contribution in [0.5, 0.6) is 0 Å². The van der Waals surface area contributed by atoms with Crippen molar-refractivity contribution in [3.05, 3.63) is 59.7 Å². The number of nitrogens with one attached hydrogen (secondary N) is 2. The SMILES string of the molecule is CC(C)(C)CC(CNC(=O)OCC1c2ccccc2-c2ccccc21)C(=O)NCC1CC1C(=O)O. The molecule has 0 aromatic heterocycles. The minimum Gasteiger partial charge on any atom is -0.481 e. The maximum atomic E-state index is 12.8. The van der Waals surface area contributed by atoms with Crippen molar-refractivity contribution in [2.24, 2.45) is 23.2 Å². The van der Waals surface area contributed by atoms with Gasteiger partial charge in [0.05, 0.1) is 11.8 Å². The lowest BCUT2D eigenvalue weighted by Gasteiger charge is -2.25. The van der Waals surface area contributed by atoms with Gasteiger partial charge in [0.25, 0.3) is 0 Å². The Morgan fingerprint density at radius 2 is 1.60 bits per heavy atom. The molecule has 0 bridgehead atoms. The first-order valence-corrected chi connectivity index (χ1v) is 12.2. The zero-order chi connectivity index (χ0) is 25.2. The molecule has 3 N–H and O–H groups in total. The van der Waals surface area contributed by atoms with Crippen LogP contribution in [0.1, 0.15) is 50.7 Å². The van der Waals surface area contributed by atoms with Crippen molar-refractivity contribution in [3.63, 3.8) is 0 Å². The van der Waals surface area contributed by atoms with Crippen LogP contribution in [0.3, 0.4) is 0 Å². The van der Waals surface area contributed by atoms with Crippen LogP contribution in [-0.4, -0.2) is 42.8 Å². The van der Waals surface area contributed by atoms with Gasteiger partial charge in [-0.15, -0.1) is 0 Å². The van der Waals surface area contributed by atoms with Crippen molar-refractivity contribution < 1.29 is 24.2 Å². The quantitative estimate of drug-likeness (QED) is 0.495. The molecule has 1 saturated carbocycles. The molecule has 0 spiro atoms. The van der Waals surface area contributed by atoms with Crippen molar-refractivity contribution in [2.75, 3.05) is 19.7 Å². The molecule has 3 atom stereocenters. The van der Waals surface area contributed by atoms with Crippen molar-refractivity contribution in [2.45, 2.75) is 39.5 Å². The van der Waals surface area contributed by atoms with Gasteiger partial charge in [0.1, 0.15) is 6.61 Å². The van der Waals surface area contributed by atoms with Gasteiger partial charge in [0.15, 0.2) is 0 Å². The molecule has 35 heavy (non-hydrogen) atoms. The minimum absolute atomic E-state index is 0.0122. The maximum Gasteiger partial charge on any atom is 0.407 e. The third-order valence-electron chi connectivity index (χ3n) is 6.84. The minimum atomic E-state index is -0.813. The summed E-state index contributed by atoms with van der Waals surface area (Å²) in [6.45, 7) is 6.86. The molecule has 2 aromatic carbocycles. The van der Waals surface area contributed by atoms with Gasteiger partial charge >= 0.3 is 12.1 Å². The molecule has 2 aliphatic carbocycles. The molecule has 0 heterocycles. The molecule has 0 radical (unpaired) electrons. The molecular weight excluding hydrogens is 444 g/mol. The summed E-state index contributed by atoms with van der Waals surface area (Å²) in [5.41, 5.74) is 4.51. The molecule has 0 saturated heterocycles. The van der Waals surface area contributed by atoms with Gasteiger partial charge in [-0.3, -0.25) is 9.59 Å². The van der Waals surface area contributed by atoms with Crippen LogP contribution in [-0.2, 0) is 14.3 Å². The van der Waals surface area contributed by atoms with E-state index in [0.29, 0.717) is 19.4 Å². The van der Waals surface area contributed by atoms with Crippen molar-refractivity contribution >= 4 is 18.0 Å². The third-order valence-corrected chi connectivity index (χ3v) is 6.84. The fourth-order valence-electron chi connectivity index (χ4n) is 5.00. The van der Waals surface area contributed by atoms with Gasteiger partial charge in [-0.05, 0) is 46.4 Å². The molecule has 0 aliphatic heterocycles. The Bertz CT molecular complexity index is 1060. The van der Waals surface area contributed by atoms with Gasteiger partial charge in [0, 0.05) is 19.0 Å². The monoisotopic (exact) mass is 478 g/mol. The van der Waals surface area contributed by atoms with E-state index in [1.54, 1.807) is 0 Å². The number of carboxylic acids is 1. The van der Waals surface area contributed by atoms with Gasteiger partial charge in [0.2, 0.25) is 5.91 Å². The van der Waals surface area contributed by atoms with Crippen LogP contribution in [0.2, 0.25) is 0 Å². The Morgan fingerprint density at radius 1 is 1.00 bits per heavy atom. The van der Waals surface area contributed by atoms with Crippen LogP contribution in [0.25, 0.3) is 11.1 Å². The second kappa shape index (κ2) is 10.1. The van der Waals surface area contributed by atoms with Gasteiger partial charge in [-0.25, -0.2) is 4.79 Å². The Labute approximate surface area is 206 Å². The molecule has 2 aromatic rings. The number of carboxylic acid groups (broad SMARTS) is 1. The standard InChI is InChI=1S/C28H34N2O5/c1-28(2,3)13-18(25(31)29-14-17-12-23(17)26(32)33)15-30-27(34)35-16-24-21-10-6-4-8-19(21)20-9-5-7-11-22(20)24/h4-11,17-18,23-24H,12-16H2,1-3H3,(H,29,31)(H,30,34)(H,32,33). The highest BCUT2D eigenvalue weighted by atomic mass is 16.5.